The number of aromatic nitrogens is 2. The summed E-state index contributed by atoms with van der Waals surface area (Å²) in [5.41, 5.74) is 1.71. The summed E-state index contributed by atoms with van der Waals surface area (Å²) in [4.78, 5) is 19.1. The van der Waals surface area contributed by atoms with E-state index in [2.05, 4.69) is 20.4 Å². The molecule has 0 aliphatic carbocycles. The molecule has 6 nitrogen and oxygen atoms in total. The van der Waals surface area contributed by atoms with Crippen LogP contribution in [0.4, 0.5) is 4.39 Å². The monoisotopic (exact) mass is 380 g/mol. The fourth-order valence-corrected chi connectivity index (χ4v) is 3.31. The van der Waals surface area contributed by atoms with Crippen LogP contribution in [0.25, 0.3) is 22.8 Å². The molecule has 2 aromatic carbocycles. The van der Waals surface area contributed by atoms with Crippen LogP contribution in [0, 0.1) is 5.82 Å². The number of rotatable bonds is 6. The summed E-state index contributed by atoms with van der Waals surface area (Å²) in [7, 11) is 0. The maximum atomic E-state index is 13.4. The second-order valence-corrected chi connectivity index (χ2v) is 6.82. The zero-order valence-electron chi connectivity index (χ0n) is 15.4. The minimum atomic E-state index is -0.364. The average Bonchev–Trinajstić information content (AvgIpc) is 3.40. The first kappa shape index (κ1) is 18.3. The highest BCUT2D eigenvalue weighted by Gasteiger charge is 2.14. The zero-order chi connectivity index (χ0) is 19.3. The van der Waals surface area contributed by atoms with Crippen LogP contribution in [0.15, 0.2) is 53.1 Å². The first-order valence-electron chi connectivity index (χ1n) is 9.40. The average molecular weight is 380 g/mol. The Morgan fingerprint density at radius 1 is 1.11 bits per heavy atom. The van der Waals surface area contributed by atoms with E-state index in [1.165, 1.54) is 25.0 Å². The Hall–Kier alpha value is -3.06. The molecule has 0 atom stereocenters. The number of nitrogens with zero attached hydrogens (tertiary/aromatic N) is 3. The number of hydrogen-bond acceptors (Lipinski definition) is 5. The van der Waals surface area contributed by atoms with Crippen molar-refractivity contribution in [3.63, 3.8) is 0 Å². The van der Waals surface area contributed by atoms with Crippen LogP contribution in [0.3, 0.4) is 0 Å². The minimum absolute atomic E-state index is 0.133. The highest BCUT2D eigenvalue weighted by atomic mass is 19.1. The number of amides is 1. The first-order chi connectivity index (χ1) is 13.7. The molecule has 1 fully saturated rings. The van der Waals surface area contributed by atoms with Crippen molar-refractivity contribution in [1.82, 2.24) is 20.4 Å². The Balaban J connectivity index is 1.44. The Bertz CT molecular complexity index is 966. The summed E-state index contributed by atoms with van der Waals surface area (Å²) in [5.74, 6) is 0.0864. The first-order valence-corrected chi connectivity index (χ1v) is 9.40. The quantitative estimate of drug-likeness (QED) is 0.710. The summed E-state index contributed by atoms with van der Waals surface area (Å²) >= 11 is 0. The third-order valence-corrected chi connectivity index (χ3v) is 4.79. The number of hydrogen-bond donors (Lipinski definition) is 1. The van der Waals surface area contributed by atoms with Crippen LogP contribution < -0.4 is 5.32 Å². The smallest absolute Gasteiger partial charge is 0.258 e. The van der Waals surface area contributed by atoms with Gasteiger partial charge in [0.05, 0.1) is 0 Å². The Kier molecular flexibility index (Phi) is 5.43. The highest BCUT2D eigenvalue weighted by molar-refractivity contribution is 5.95. The molecular weight excluding hydrogens is 359 g/mol. The van der Waals surface area contributed by atoms with E-state index in [4.69, 9.17) is 4.52 Å². The van der Waals surface area contributed by atoms with E-state index in [-0.39, 0.29) is 17.6 Å². The van der Waals surface area contributed by atoms with Gasteiger partial charge in [-0.15, -0.1) is 0 Å². The summed E-state index contributed by atoms with van der Waals surface area (Å²) in [6.07, 6.45) is 2.47. The molecule has 144 valence electrons. The van der Waals surface area contributed by atoms with Crippen LogP contribution in [-0.4, -0.2) is 47.1 Å². The van der Waals surface area contributed by atoms with E-state index in [0.717, 1.165) is 19.6 Å². The highest BCUT2D eigenvalue weighted by Crippen LogP contribution is 2.23. The van der Waals surface area contributed by atoms with Crippen molar-refractivity contribution in [2.45, 2.75) is 12.8 Å². The molecule has 2 heterocycles. The molecule has 0 bridgehead atoms. The molecule has 1 saturated heterocycles. The van der Waals surface area contributed by atoms with Gasteiger partial charge >= 0.3 is 0 Å². The van der Waals surface area contributed by atoms with Crippen LogP contribution in [0.1, 0.15) is 23.2 Å². The minimum Gasteiger partial charge on any atom is -0.351 e. The van der Waals surface area contributed by atoms with Gasteiger partial charge in [0, 0.05) is 29.8 Å². The van der Waals surface area contributed by atoms with Crippen LogP contribution in [0.2, 0.25) is 0 Å². The molecule has 0 radical (unpaired) electrons. The molecule has 1 aromatic heterocycles. The second kappa shape index (κ2) is 8.31. The van der Waals surface area contributed by atoms with E-state index < -0.39 is 0 Å². The van der Waals surface area contributed by atoms with Crippen molar-refractivity contribution < 1.29 is 13.7 Å². The van der Waals surface area contributed by atoms with Crippen molar-refractivity contribution in [2.75, 3.05) is 26.2 Å². The predicted molar refractivity (Wildman–Crippen MR) is 103 cm³/mol. The van der Waals surface area contributed by atoms with Gasteiger partial charge in [0.1, 0.15) is 5.82 Å². The van der Waals surface area contributed by atoms with E-state index in [9.17, 15) is 9.18 Å². The molecule has 3 aromatic rings. The second-order valence-electron chi connectivity index (χ2n) is 6.82. The number of benzene rings is 2. The Morgan fingerprint density at radius 3 is 2.71 bits per heavy atom. The summed E-state index contributed by atoms with van der Waals surface area (Å²) in [6, 6.07) is 13.0. The number of carbonyl (C=O) groups is 1. The van der Waals surface area contributed by atoms with E-state index >= 15 is 0 Å². The van der Waals surface area contributed by atoms with Crippen LogP contribution >= 0.6 is 0 Å². The summed E-state index contributed by atoms with van der Waals surface area (Å²) in [6.45, 7) is 3.70. The molecule has 0 unspecified atom stereocenters. The molecule has 1 aliphatic heterocycles. The zero-order valence-corrected chi connectivity index (χ0v) is 15.4. The van der Waals surface area contributed by atoms with Gasteiger partial charge in [0.15, 0.2) is 0 Å². The number of carbonyl (C=O) groups excluding carboxylic acids is 1. The number of halogens is 1. The van der Waals surface area contributed by atoms with Crippen molar-refractivity contribution >= 4 is 5.91 Å². The third kappa shape index (κ3) is 4.26. The Morgan fingerprint density at radius 2 is 1.89 bits per heavy atom. The van der Waals surface area contributed by atoms with Gasteiger partial charge in [-0.1, -0.05) is 23.4 Å². The molecule has 1 amide bonds. The van der Waals surface area contributed by atoms with Gasteiger partial charge in [-0.25, -0.2) is 4.39 Å². The third-order valence-electron chi connectivity index (χ3n) is 4.79. The molecule has 0 spiro atoms. The predicted octanol–water partition coefficient (Wildman–Crippen LogP) is 3.37. The fraction of sp³-hybridized carbons (Fsp3) is 0.286. The lowest BCUT2D eigenvalue weighted by Crippen LogP contribution is -2.33. The molecule has 1 N–H and O–H groups in total. The van der Waals surface area contributed by atoms with Gasteiger partial charge in [-0.3, -0.25) is 4.79 Å². The van der Waals surface area contributed by atoms with E-state index in [0.29, 0.717) is 29.1 Å². The van der Waals surface area contributed by atoms with Gasteiger partial charge in [-0.05, 0) is 56.3 Å². The molecule has 4 rings (SSSR count). The molecule has 0 saturated carbocycles. The van der Waals surface area contributed by atoms with Gasteiger partial charge in [-0.2, -0.15) is 4.98 Å². The maximum absolute atomic E-state index is 13.4. The summed E-state index contributed by atoms with van der Waals surface area (Å²) < 4.78 is 18.7. The Labute approximate surface area is 162 Å². The lowest BCUT2D eigenvalue weighted by atomic mass is 10.1. The largest absolute Gasteiger partial charge is 0.351 e. The lowest BCUT2D eigenvalue weighted by Gasteiger charge is -2.14. The van der Waals surface area contributed by atoms with Crippen LogP contribution in [0.5, 0.6) is 0 Å². The fourth-order valence-electron chi connectivity index (χ4n) is 3.31. The van der Waals surface area contributed by atoms with Crippen molar-refractivity contribution in [2.24, 2.45) is 0 Å². The van der Waals surface area contributed by atoms with Gasteiger partial charge in [0.2, 0.25) is 5.82 Å². The van der Waals surface area contributed by atoms with Crippen LogP contribution in [-0.2, 0) is 0 Å². The lowest BCUT2D eigenvalue weighted by molar-refractivity contribution is 0.0950. The SMILES string of the molecule is O=C(NCCN1CCCC1)c1cccc(-c2nc(-c3cccc(F)c3)no2)c1. The molecule has 28 heavy (non-hydrogen) atoms. The standard InChI is InChI=1S/C21H21FN4O2/c22-18-8-4-5-15(14-18)19-24-21(28-25-19)17-7-3-6-16(13-17)20(27)23-9-12-26-10-1-2-11-26/h3-8,13-14H,1-2,9-12H2,(H,23,27). The normalized spacial score (nSPS) is 14.3. The van der Waals surface area contributed by atoms with E-state index in [1.54, 1.807) is 36.4 Å². The molecule has 1 aliphatic rings. The van der Waals surface area contributed by atoms with Crippen molar-refractivity contribution in [3.05, 3.63) is 59.9 Å². The number of likely N-dealkylation sites (tertiary alicyclic amines) is 1. The van der Waals surface area contributed by atoms with E-state index in [1.807, 2.05) is 0 Å². The van der Waals surface area contributed by atoms with Crippen molar-refractivity contribution in [3.8, 4) is 22.8 Å². The number of nitrogens with one attached hydrogen (secondary N) is 1. The van der Waals surface area contributed by atoms with Gasteiger partial charge in [0.25, 0.3) is 11.8 Å². The summed E-state index contributed by atoms with van der Waals surface area (Å²) in [5, 5.41) is 6.87. The topological polar surface area (TPSA) is 71.3 Å². The molecular formula is C21H21FN4O2. The molecule has 7 heteroatoms. The van der Waals surface area contributed by atoms with Crippen molar-refractivity contribution in [1.29, 1.82) is 0 Å². The van der Waals surface area contributed by atoms with Gasteiger partial charge < -0.3 is 14.7 Å². The maximum Gasteiger partial charge on any atom is 0.258 e.